The van der Waals surface area contributed by atoms with E-state index in [-0.39, 0.29) is 6.10 Å². The normalized spacial score (nSPS) is 20.2. The molecule has 1 aromatic carbocycles. The summed E-state index contributed by atoms with van der Waals surface area (Å²) in [4.78, 5) is 25.9. The number of methoxy groups -OCH3 is 1. The highest BCUT2D eigenvalue weighted by molar-refractivity contribution is 6.01. The number of fused-ring (bicyclic) bond motifs is 1. The third kappa shape index (κ3) is 3.39. The number of rotatable bonds is 4. The topological polar surface area (TPSA) is 104 Å². The van der Waals surface area contributed by atoms with Crippen molar-refractivity contribution in [3.63, 3.8) is 0 Å². The van der Waals surface area contributed by atoms with Gasteiger partial charge in [-0.15, -0.1) is 0 Å². The van der Waals surface area contributed by atoms with Crippen molar-refractivity contribution in [3.8, 4) is 0 Å². The number of benzene rings is 1. The average Bonchev–Trinajstić information content (AvgIpc) is 3.38. The summed E-state index contributed by atoms with van der Waals surface area (Å²) in [7, 11) is 1.32. The predicted octanol–water partition coefficient (Wildman–Crippen LogP) is 3.12. The number of carbonyl (C=O) groups is 2. The molecule has 0 bridgehead atoms. The van der Waals surface area contributed by atoms with Gasteiger partial charge < -0.3 is 14.8 Å². The quantitative estimate of drug-likeness (QED) is 0.785. The van der Waals surface area contributed by atoms with Crippen LogP contribution in [-0.4, -0.2) is 35.5 Å². The Morgan fingerprint density at radius 3 is 2.45 bits per heavy atom. The number of dihydropyridines is 1. The maximum absolute atomic E-state index is 13.2. The van der Waals surface area contributed by atoms with Crippen LogP contribution in [0, 0.1) is 0 Å². The summed E-state index contributed by atoms with van der Waals surface area (Å²) in [5.74, 6) is -1.66. The summed E-state index contributed by atoms with van der Waals surface area (Å²) in [6.45, 7) is 3.58. The lowest BCUT2D eigenvalue weighted by Gasteiger charge is -2.30. The molecule has 2 heterocycles. The minimum atomic E-state index is -0.701. The molecule has 8 heteroatoms. The molecular weight excluding hydrogens is 374 g/mol. The summed E-state index contributed by atoms with van der Waals surface area (Å²) in [5.41, 5.74) is 3.64. The lowest BCUT2D eigenvalue weighted by atomic mass is 9.80. The minimum absolute atomic E-state index is 0.0958. The second kappa shape index (κ2) is 7.69. The average molecular weight is 397 g/mol. The molecule has 0 saturated heterocycles. The summed E-state index contributed by atoms with van der Waals surface area (Å²) in [5, 5.41) is 11.0. The Hall–Kier alpha value is -3.16. The van der Waals surface area contributed by atoms with Crippen LogP contribution in [0.25, 0.3) is 11.0 Å². The third-order valence-corrected chi connectivity index (χ3v) is 5.59. The van der Waals surface area contributed by atoms with Crippen LogP contribution in [0.4, 0.5) is 0 Å². The van der Waals surface area contributed by atoms with Crippen LogP contribution >= 0.6 is 0 Å². The number of nitrogens with one attached hydrogen (secondary N) is 1. The summed E-state index contributed by atoms with van der Waals surface area (Å²) >= 11 is 0. The molecule has 1 atom stereocenters. The van der Waals surface area contributed by atoms with Crippen LogP contribution in [0.5, 0.6) is 0 Å². The number of hydrogen-bond acceptors (Lipinski definition) is 8. The van der Waals surface area contributed by atoms with Crippen molar-refractivity contribution in [2.24, 2.45) is 0 Å². The third-order valence-electron chi connectivity index (χ3n) is 5.59. The molecule has 1 unspecified atom stereocenters. The van der Waals surface area contributed by atoms with Crippen molar-refractivity contribution in [2.45, 2.75) is 51.6 Å². The molecule has 1 aromatic heterocycles. The molecule has 152 valence electrons. The van der Waals surface area contributed by atoms with Gasteiger partial charge in [-0.05, 0) is 61.5 Å². The molecule has 0 spiro atoms. The van der Waals surface area contributed by atoms with Gasteiger partial charge >= 0.3 is 11.9 Å². The van der Waals surface area contributed by atoms with E-state index < -0.39 is 17.9 Å². The monoisotopic (exact) mass is 397 g/mol. The Bertz CT molecular complexity index is 1030. The fourth-order valence-corrected chi connectivity index (χ4v) is 4.24. The first-order valence-electron chi connectivity index (χ1n) is 9.70. The van der Waals surface area contributed by atoms with Crippen LogP contribution in [0.2, 0.25) is 0 Å². The minimum Gasteiger partial charge on any atom is -0.466 e. The van der Waals surface area contributed by atoms with E-state index in [0.717, 1.165) is 25.7 Å². The van der Waals surface area contributed by atoms with Gasteiger partial charge in [0.05, 0.1) is 24.2 Å². The second-order valence-corrected chi connectivity index (χ2v) is 7.42. The Kier molecular flexibility index (Phi) is 5.08. The molecule has 0 radical (unpaired) electrons. The van der Waals surface area contributed by atoms with E-state index in [2.05, 4.69) is 15.6 Å². The van der Waals surface area contributed by atoms with E-state index in [1.165, 1.54) is 7.11 Å². The Morgan fingerprint density at radius 1 is 1.07 bits per heavy atom. The standard InChI is InChI=1S/C21H23N3O5/c1-11-16(20(25)27-3)18(14-9-6-10-15-19(14)24-29-23-15)17(12(2)22-11)21(26)28-13-7-4-5-8-13/h6,9-10,13,18,22H,4-5,7-8H2,1-3H3. The molecule has 1 aliphatic heterocycles. The Labute approximate surface area is 167 Å². The van der Waals surface area contributed by atoms with Crippen LogP contribution in [0.15, 0.2) is 45.4 Å². The van der Waals surface area contributed by atoms with Crippen LogP contribution in [0.1, 0.15) is 51.0 Å². The highest BCUT2D eigenvalue weighted by Gasteiger charge is 2.40. The van der Waals surface area contributed by atoms with E-state index in [0.29, 0.717) is 39.1 Å². The number of esters is 2. The van der Waals surface area contributed by atoms with Crippen LogP contribution < -0.4 is 5.32 Å². The first-order valence-corrected chi connectivity index (χ1v) is 9.70. The van der Waals surface area contributed by atoms with Crippen LogP contribution in [-0.2, 0) is 19.1 Å². The van der Waals surface area contributed by atoms with Gasteiger partial charge in [0, 0.05) is 11.4 Å². The van der Waals surface area contributed by atoms with Gasteiger partial charge in [0.25, 0.3) is 0 Å². The summed E-state index contributed by atoms with van der Waals surface area (Å²) in [6, 6.07) is 5.37. The maximum atomic E-state index is 13.2. The summed E-state index contributed by atoms with van der Waals surface area (Å²) in [6.07, 6.45) is 3.72. The van der Waals surface area contributed by atoms with Crippen molar-refractivity contribution in [3.05, 3.63) is 46.3 Å². The van der Waals surface area contributed by atoms with E-state index in [1.807, 2.05) is 6.07 Å². The lowest BCUT2D eigenvalue weighted by Crippen LogP contribution is -2.33. The largest absolute Gasteiger partial charge is 0.466 e. The molecular formula is C21H23N3O5. The molecule has 1 aliphatic carbocycles. The fourth-order valence-electron chi connectivity index (χ4n) is 4.24. The first kappa shape index (κ1) is 19.2. The molecule has 29 heavy (non-hydrogen) atoms. The molecule has 1 fully saturated rings. The van der Waals surface area contributed by atoms with E-state index in [4.69, 9.17) is 14.1 Å². The number of aromatic nitrogens is 2. The molecule has 1 saturated carbocycles. The number of nitrogens with zero attached hydrogens (tertiary/aromatic N) is 2. The van der Waals surface area contributed by atoms with Crippen molar-refractivity contribution in [2.75, 3.05) is 7.11 Å². The number of ether oxygens (including phenoxy) is 2. The zero-order valence-electron chi connectivity index (χ0n) is 16.7. The van der Waals surface area contributed by atoms with Crippen molar-refractivity contribution >= 4 is 23.0 Å². The predicted molar refractivity (Wildman–Crippen MR) is 103 cm³/mol. The number of allylic oxidation sites excluding steroid dienone is 2. The van der Waals surface area contributed by atoms with Gasteiger partial charge in [-0.25, -0.2) is 14.2 Å². The fraction of sp³-hybridized carbons (Fsp3) is 0.429. The zero-order chi connectivity index (χ0) is 20.5. The van der Waals surface area contributed by atoms with Gasteiger partial charge in [-0.3, -0.25) is 0 Å². The zero-order valence-corrected chi connectivity index (χ0v) is 16.7. The van der Waals surface area contributed by atoms with Crippen LogP contribution in [0.3, 0.4) is 0 Å². The van der Waals surface area contributed by atoms with Gasteiger partial charge in [0.15, 0.2) is 0 Å². The maximum Gasteiger partial charge on any atom is 0.337 e. The van der Waals surface area contributed by atoms with Crippen molar-refractivity contribution < 1.29 is 23.7 Å². The SMILES string of the molecule is COC(=O)C1=C(C)NC(C)=C(C(=O)OC2CCCC2)C1c1cccc2nonc12. The Balaban J connectivity index is 1.85. The van der Waals surface area contributed by atoms with Gasteiger partial charge in [-0.1, -0.05) is 12.1 Å². The summed E-state index contributed by atoms with van der Waals surface area (Å²) < 4.78 is 15.7. The second-order valence-electron chi connectivity index (χ2n) is 7.42. The van der Waals surface area contributed by atoms with Gasteiger partial charge in [-0.2, -0.15) is 0 Å². The lowest BCUT2D eigenvalue weighted by molar-refractivity contribution is -0.144. The molecule has 1 N–H and O–H groups in total. The van der Waals surface area contributed by atoms with Gasteiger partial charge in [0.1, 0.15) is 17.1 Å². The molecule has 4 rings (SSSR count). The number of carbonyl (C=O) groups excluding carboxylic acids is 2. The van der Waals surface area contributed by atoms with E-state index in [9.17, 15) is 9.59 Å². The van der Waals surface area contributed by atoms with E-state index in [1.54, 1.807) is 26.0 Å². The molecule has 2 aliphatic rings. The first-order chi connectivity index (χ1) is 14.0. The smallest absolute Gasteiger partial charge is 0.337 e. The Morgan fingerprint density at radius 2 is 1.76 bits per heavy atom. The highest BCUT2D eigenvalue weighted by Crippen LogP contribution is 2.41. The van der Waals surface area contributed by atoms with Gasteiger partial charge in [0.2, 0.25) is 0 Å². The van der Waals surface area contributed by atoms with E-state index >= 15 is 0 Å². The van der Waals surface area contributed by atoms with Crippen molar-refractivity contribution in [1.82, 2.24) is 15.6 Å². The molecule has 2 aromatic rings. The van der Waals surface area contributed by atoms with Crippen molar-refractivity contribution in [1.29, 1.82) is 0 Å². The number of hydrogen-bond donors (Lipinski definition) is 1. The molecule has 0 amide bonds. The highest BCUT2D eigenvalue weighted by atomic mass is 16.6. The molecule has 8 nitrogen and oxygen atoms in total.